The number of carbonyl (C=O) groups is 2. The average Bonchev–Trinajstić information content (AvgIpc) is 2.87. The summed E-state index contributed by atoms with van der Waals surface area (Å²) in [6, 6.07) is 9.01. The zero-order valence-electron chi connectivity index (χ0n) is 9.96. The van der Waals surface area contributed by atoms with Crippen LogP contribution in [-0.4, -0.2) is 28.5 Å². The summed E-state index contributed by atoms with van der Waals surface area (Å²) in [5.74, 6) is -0.754. The minimum Gasteiger partial charge on any atom is -0.296 e. The van der Waals surface area contributed by atoms with E-state index in [9.17, 15) is 9.59 Å². The summed E-state index contributed by atoms with van der Waals surface area (Å²) >= 11 is 0. The van der Waals surface area contributed by atoms with Crippen molar-refractivity contribution < 1.29 is 9.59 Å². The van der Waals surface area contributed by atoms with Crippen LogP contribution in [0.15, 0.2) is 35.4 Å². The highest BCUT2D eigenvalue weighted by Gasteiger charge is 2.51. The number of hydrogen-bond acceptors (Lipinski definition) is 4. The molecular weight excluding hydrogens is 230 g/mol. The van der Waals surface area contributed by atoms with E-state index in [1.807, 2.05) is 30.3 Å². The van der Waals surface area contributed by atoms with Crippen LogP contribution in [0.1, 0.15) is 12.5 Å². The third-order valence-electron chi connectivity index (χ3n) is 3.41. The van der Waals surface area contributed by atoms with E-state index in [1.165, 1.54) is 4.90 Å². The molecule has 1 saturated heterocycles. The number of imide groups is 1. The number of nitrogens with one attached hydrogen (secondary N) is 1. The number of carbonyl (C=O) groups excluding carboxylic acids is 2. The zero-order chi connectivity index (χ0) is 12.7. The lowest BCUT2D eigenvalue weighted by Crippen LogP contribution is -2.35. The summed E-state index contributed by atoms with van der Waals surface area (Å²) in [4.78, 5) is 25.6. The summed E-state index contributed by atoms with van der Waals surface area (Å²) < 4.78 is 0. The lowest BCUT2D eigenvalue weighted by molar-refractivity contribution is -0.140. The highest BCUT2D eigenvalue weighted by molar-refractivity contribution is 6.18. The predicted molar refractivity (Wildman–Crippen MR) is 65.5 cm³/mol. The van der Waals surface area contributed by atoms with E-state index in [2.05, 4.69) is 10.5 Å². The molecule has 1 aromatic carbocycles. The maximum absolute atomic E-state index is 12.2. The second kappa shape index (κ2) is 3.94. The summed E-state index contributed by atoms with van der Waals surface area (Å²) in [7, 11) is 0. The summed E-state index contributed by atoms with van der Waals surface area (Å²) in [6.45, 7) is 2.11. The largest absolute Gasteiger partial charge is 0.296 e. The first-order valence-corrected chi connectivity index (χ1v) is 5.87. The van der Waals surface area contributed by atoms with Gasteiger partial charge in [0.05, 0.1) is 6.54 Å². The Bertz CT molecular complexity index is 538. The molecule has 2 amide bonds. The van der Waals surface area contributed by atoms with Crippen LogP contribution >= 0.6 is 0 Å². The first-order valence-electron chi connectivity index (χ1n) is 5.87. The molecule has 2 atom stereocenters. The molecule has 2 aliphatic heterocycles. The Labute approximate surface area is 104 Å². The number of rotatable bonds is 2. The van der Waals surface area contributed by atoms with Gasteiger partial charge in [-0.1, -0.05) is 30.3 Å². The van der Waals surface area contributed by atoms with E-state index < -0.39 is 12.0 Å². The molecule has 18 heavy (non-hydrogen) atoms. The Balaban J connectivity index is 1.84. The van der Waals surface area contributed by atoms with Gasteiger partial charge in [0.2, 0.25) is 5.91 Å². The van der Waals surface area contributed by atoms with Crippen LogP contribution in [0.2, 0.25) is 0 Å². The van der Waals surface area contributed by atoms with Crippen molar-refractivity contribution >= 4 is 17.5 Å². The Morgan fingerprint density at radius 1 is 1.22 bits per heavy atom. The molecule has 1 aromatic rings. The smallest absolute Gasteiger partial charge is 0.254 e. The summed E-state index contributed by atoms with van der Waals surface area (Å²) in [6.07, 6.45) is 0. The van der Waals surface area contributed by atoms with Gasteiger partial charge in [-0.25, -0.2) is 0 Å². The maximum Gasteiger partial charge on any atom is 0.254 e. The van der Waals surface area contributed by atoms with E-state index in [0.717, 1.165) is 5.56 Å². The molecule has 0 aliphatic carbocycles. The van der Waals surface area contributed by atoms with Crippen molar-refractivity contribution in [1.82, 2.24) is 10.3 Å². The molecule has 5 heteroatoms. The Kier molecular flexibility index (Phi) is 2.40. The van der Waals surface area contributed by atoms with Crippen molar-refractivity contribution in [1.29, 1.82) is 0 Å². The van der Waals surface area contributed by atoms with E-state index >= 15 is 0 Å². The van der Waals surface area contributed by atoms with Crippen molar-refractivity contribution in [2.24, 2.45) is 11.0 Å². The number of likely N-dealkylation sites (tertiary alicyclic amines) is 1. The third kappa shape index (κ3) is 1.51. The average molecular weight is 243 g/mol. The molecule has 1 N–H and O–H groups in total. The van der Waals surface area contributed by atoms with E-state index in [4.69, 9.17) is 0 Å². The molecule has 0 spiro atoms. The SMILES string of the molecule is CC1=NN[C@H]2C(=O)N(Cc3ccccc3)C(=O)[C@H]12. The van der Waals surface area contributed by atoms with Crippen LogP contribution in [0, 0.1) is 5.92 Å². The standard InChI is InChI=1S/C13H13N3O2/c1-8-10-11(15-14-8)13(18)16(12(10)17)7-9-5-3-2-4-6-9/h2-6,10-11,15H,7H2,1H3/t10-,11-/m1/s1. The first kappa shape index (κ1) is 11.0. The highest BCUT2D eigenvalue weighted by atomic mass is 16.2. The lowest BCUT2D eigenvalue weighted by atomic mass is 10.0. The van der Waals surface area contributed by atoms with Crippen LogP contribution in [0.5, 0.6) is 0 Å². The minimum absolute atomic E-state index is 0.153. The second-order valence-electron chi connectivity index (χ2n) is 4.59. The molecule has 0 radical (unpaired) electrons. The lowest BCUT2D eigenvalue weighted by Gasteiger charge is -2.15. The van der Waals surface area contributed by atoms with Crippen molar-refractivity contribution in [2.75, 3.05) is 0 Å². The van der Waals surface area contributed by atoms with Gasteiger partial charge in [-0.2, -0.15) is 5.10 Å². The maximum atomic E-state index is 12.2. The molecule has 2 heterocycles. The fourth-order valence-electron chi connectivity index (χ4n) is 2.44. The Hall–Kier alpha value is -2.17. The molecule has 0 unspecified atom stereocenters. The molecule has 3 rings (SSSR count). The van der Waals surface area contributed by atoms with Gasteiger partial charge in [0.15, 0.2) is 0 Å². The predicted octanol–water partition coefficient (Wildman–Crippen LogP) is 0.519. The first-order chi connectivity index (χ1) is 8.68. The van der Waals surface area contributed by atoms with E-state index in [0.29, 0.717) is 12.3 Å². The van der Waals surface area contributed by atoms with Crippen molar-refractivity contribution in [2.45, 2.75) is 19.5 Å². The molecule has 2 aliphatic rings. The second-order valence-corrected chi connectivity index (χ2v) is 4.59. The topological polar surface area (TPSA) is 61.8 Å². The van der Waals surface area contributed by atoms with Crippen molar-refractivity contribution in [3.05, 3.63) is 35.9 Å². The number of nitrogens with zero attached hydrogens (tertiary/aromatic N) is 2. The summed E-state index contributed by atoms with van der Waals surface area (Å²) in [5, 5.41) is 3.96. The van der Waals surface area contributed by atoms with Gasteiger partial charge in [0.25, 0.3) is 5.91 Å². The van der Waals surface area contributed by atoms with Crippen LogP contribution in [-0.2, 0) is 16.1 Å². The van der Waals surface area contributed by atoms with Crippen molar-refractivity contribution in [3.8, 4) is 0 Å². The molecule has 1 fully saturated rings. The van der Waals surface area contributed by atoms with Gasteiger partial charge in [-0.05, 0) is 12.5 Å². The van der Waals surface area contributed by atoms with Crippen LogP contribution in [0.25, 0.3) is 0 Å². The van der Waals surface area contributed by atoms with Crippen LogP contribution < -0.4 is 5.43 Å². The number of benzene rings is 1. The normalized spacial score (nSPS) is 26.1. The number of hydrazone groups is 1. The third-order valence-corrected chi connectivity index (χ3v) is 3.41. The zero-order valence-corrected chi connectivity index (χ0v) is 9.96. The quantitative estimate of drug-likeness (QED) is 0.770. The monoisotopic (exact) mass is 243 g/mol. The Morgan fingerprint density at radius 3 is 2.61 bits per heavy atom. The van der Waals surface area contributed by atoms with E-state index in [-0.39, 0.29) is 11.8 Å². The summed E-state index contributed by atoms with van der Waals surface area (Å²) in [5.41, 5.74) is 4.38. The number of hydrogen-bond donors (Lipinski definition) is 1. The fourth-order valence-corrected chi connectivity index (χ4v) is 2.44. The van der Waals surface area contributed by atoms with Gasteiger partial charge in [-0.15, -0.1) is 0 Å². The van der Waals surface area contributed by atoms with Crippen LogP contribution in [0.3, 0.4) is 0 Å². The van der Waals surface area contributed by atoms with Crippen LogP contribution in [0.4, 0.5) is 0 Å². The van der Waals surface area contributed by atoms with Gasteiger partial charge in [-0.3, -0.25) is 19.9 Å². The minimum atomic E-state index is -0.499. The highest BCUT2D eigenvalue weighted by Crippen LogP contribution is 2.26. The van der Waals surface area contributed by atoms with E-state index in [1.54, 1.807) is 6.92 Å². The van der Waals surface area contributed by atoms with Gasteiger partial charge < -0.3 is 0 Å². The van der Waals surface area contributed by atoms with Crippen molar-refractivity contribution in [3.63, 3.8) is 0 Å². The van der Waals surface area contributed by atoms with Gasteiger partial charge in [0.1, 0.15) is 12.0 Å². The fraction of sp³-hybridized carbons (Fsp3) is 0.308. The molecule has 0 saturated carbocycles. The molecule has 5 nitrogen and oxygen atoms in total. The molecular formula is C13H13N3O2. The van der Waals surface area contributed by atoms with Gasteiger partial charge >= 0.3 is 0 Å². The number of amides is 2. The Morgan fingerprint density at radius 2 is 1.94 bits per heavy atom. The molecule has 92 valence electrons. The molecule has 0 aromatic heterocycles. The molecule has 0 bridgehead atoms. The van der Waals surface area contributed by atoms with Gasteiger partial charge in [0, 0.05) is 5.71 Å². The number of fused-ring (bicyclic) bond motifs is 1.